The number of carbonyl (C=O) groups excluding carboxylic acids is 3. The highest BCUT2D eigenvalue weighted by Gasteiger charge is 2.34. The summed E-state index contributed by atoms with van der Waals surface area (Å²) in [6.45, 7) is 5.21. The second-order valence-electron chi connectivity index (χ2n) is 9.27. The van der Waals surface area contributed by atoms with Crippen LogP contribution in [0.5, 0.6) is 0 Å². The number of piperidine rings is 2. The molecule has 2 aliphatic heterocycles. The molecule has 2 aromatic rings. The minimum absolute atomic E-state index is 0.314. The molecule has 7 heteroatoms. The van der Waals surface area contributed by atoms with Crippen LogP contribution in [-0.2, 0) is 20.9 Å². The zero-order valence-corrected chi connectivity index (χ0v) is 19.8. The Bertz CT molecular complexity index is 996. The van der Waals surface area contributed by atoms with Crippen LogP contribution in [0.25, 0.3) is 0 Å². The third-order valence-corrected chi connectivity index (χ3v) is 6.83. The molecule has 2 aromatic carbocycles. The lowest BCUT2D eigenvalue weighted by Crippen LogP contribution is -2.48. The Morgan fingerprint density at radius 1 is 0.971 bits per heavy atom. The van der Waals surface area contributed by atoms with E-state index in [1.165, 1.54) is 31.4 Å². The Balaban J connectivity index is 1.25. The molecule has 2 saturated heterocycles. The number of hydrogen-bond acceptors (Lipinski definition) is 5. The summed E-state index contributed by atoms with van der Waals surface area (Å²) in [5.41, 5.74) is 4.19. The van der Waals surface area contributed by atoms with Gasteiger partial charge in [-0.25, -0.2) is 0 Å². The lowest BCUT2D eigenvalue weighted by Gasteiger charge is -2.33. The number of benzene rings is 2. The number of anilines is 3. The molecule has 7 nitrogen and oxygen atoms in total. The molecule has 1 unspecified atom stereocenters. The molecule has 3 N–H and O–H groups in total. The molecule has 0 bridgehead atoms. The van der Waals surface area contributed by atoms with Crippen molar-refractivity contribution in [3.63, 3.8) is 0 Å². The SMILES string of the molecule is CCCC1CCN(c2ccc(Nc3ccc(CNC(=O)C4CCNC(=O)C4=O)cc3)cc2)CC1. The molecule has 0 saturated carbocycles. The van der Waals surface area contributed by atoms with Gasteiger partial charge in [0.15, 0.2) is 0 Å². The van der Waals surface area contributed by atoms with Crippen LogP contribution in [-0.4, -0.2) is 37.2 Å². The van der Waals surface area contributed by atoms with Crippen molar-refractivity contribution in [1.82, 2.24) is 10.6 Å². The van der Waals surface area contributed by atoms with Gasteiger partial charge < -0.3 is 20.9 Å². The first-order valence-electron chi connectivity index (χ1n) is 12.3. The Morgan fingerprint density at radius 2 is 1.62 bits per heavy atom. The van der Waals surface area contributed by atoms with Gasteiger partial charge in [-0.05, 0) is 67.1 Å². The number of nitrogens with zero attached hydrogens (tertiary/aromatic N) is 1. The van der Waals surface area contributed by atoms with Gasteiger partial charge in [-0.1, -0.05) is 31.9 Å². The van der Waals surface area contributed by atoms with Gasteiger partial charge in [0.1, 0.15) is 5.92 Å². The fourth-order valence-corrected chi connectivity index (χ4v) is 4.79. The van der Waals surface area contributed by atoms with Crippen molar-refractivity contribution in [2.75, 3.05) is 29.9 Å². The average molecular weight is 463 g/mol. The number of amides is 2. The first-order valence-corrected chi connectivity index (χ1v) is 12.3. The summed E-state index contributed by atoms with van der Waals surface area (Å²) in [6.07, 6.45) is 5.54. The molecule has 2 fully saturated rings. The van der Waals surface area contributed by atoms with Crippen LogP contribution in [0.2, 0.25) is 0 Å². The predicted molar refractivity (Wildman–Crippen MR) is 134 cm³/mol. The first-order chi connectivity index (χ1) is 16.5. The topological polar surface area (TPSA) is 90.5 Å². The van der Waals surface area contributed by atoms with Gasteiger partial charge in [-0.3, -0.25) is 14.4 Å². The monoisotopic (exact) mass is 462 g/mol. The number of hydrogen-bond donors (Lipinski definition) is 3. The Labute approximate surface area is 201 Å². The number of rotatable bonds is 8. The maximum atomic E-state index is 12.3. The molecular weight excluding hydrogens is 428 g/mol. The molecule has 2 heterocycles. The highest BCUT2D eigenvalue weighted by Crippen LogP contribution is 2.27. The maximum absolute atomic E-state index is 12.3. The third kappa shape index (κ3) is 5.95. The first kappa shape index (κ1) is 23.8. The maximum Gasteiger partial charge on any atom is 0.288 e. The van der Waals surface area contributed by atoms with E-state index in [-0.39, 0.29) is 0 Å². The summed E-state index contributed by atoms with van der Waals surface area (Å²) in [5, 5.41) is 8.65. The second-order valence-corrected chi connectivity index (χ2v) is 9.27. The minimum atomic E-state index is -0.889. The highest BCUT2D eigenvalue weighted by atomic mass is 16.2. The van der Waals surface area contributed by atoms with Crippen LogP contribution in [0.1, 0.15) is 44.6 Å². The van der Waals surface area contributed by atoms with Crippen molar-refractivity contribution >= 4 is 34.7 Å². The van der Waals surface area contributed by atoms with Crippen LogP contribution in [0.15, 0.2) is 48.5 Å². The molecule has 1 atom stereocenters. The molecule has 0 aliphatic carbocycles. The van der Waals surface area contributed by atoms with Crippen molar-refractivity contribution in [3.05, 3.63) is 54.1 Å². The summed E-state index contributed by atoms with van der Waals surface area (Å²) < 4.78 is 0. The summed E-state index contributed by atoms with van der Waals surface area (Å²) in [7, 11) is 0. The third-order valence-electron chi connectivity index (χ3n) is 6.83. The van der Waals surface area contributed by atoms with E-state index in [9.17, 15) is 14.4 Å². The van der Waals surface area contributed by atoms with E-state index in [1.807, 2.05) is 24.3 Å². The normalized spacial score (nSPS) is 19.0. The van der Waals surface area contributed by atoms with Gasteiger partial charge in [0, 0.05) is 43.2 Å². The van der Waals surface area contributed by atoms with Crippen molar-refractivity contribution in [1.29, 1.82) is 0 Å². The van der Waals surface area contributed by atoms with Crippen LogP contribution in [0.4, 0.5) is 17.1 Å². The molecule has 34 heavy (non-hydrogen) atoms. The van der Waals surface area contributed by atoms with Gasteiger partial charge >= 0.3 is 0 Å². The summed E-state index contributed by atoms with van der Waals surface area (Å²) in [6, 6.07) is 16.4. The Kier molecular flexibility index (Phi) is 7.83. The lowest BCUT2D eigenvalue weighted by molar-refractivity contribution is -0.146. The Hall–Kier alpha value is -3.35. The second kappa shape index (κ2) is 11.2. The molecule has 0 radical (unpaired) electrons. The van der Waals surface area contributed by atoms with Crippen LogP contribution in [0.3, 0.4) is 0 Å². The minimum Gasteiger partial charge on any atom is -0.372 e. The van der Waals surface area contributed by atoms with Crippen LogP contribution in [0, 0.1) is 11.8 Å². The quantitative estimate of drug-likeness (QED) is 0.410. The number of nitrogens with one attached hydrogen (secondary N) is 3. The van der Waals surface area contributed by atoms with E-state index < -0.39 is 23.5 Å². The van der Waals surface area contributed by atoms with Crippen LogP contribution >= 0.6 is 0 Å². The van der Waals surface area contributed by atoms with Gasteiger partial charge in [0.05, 0.1) is 0 Å². The zero-order chi connectivity index (χ0) is 23.9. The highest BCUT2D eigenvalue weighted by molar-refractivity contribution is 6.41. The largest absolute Gasteiger partial charge is 0.372 e. The molecule has 0 spiro atoms. The molecule has 0 aromatic heterocycles. The predicted octanol–water partition coefficient (Wildman–Crippen LogP) is 3.77. The summed E-state index contributed by atoms with van der Waals surface area (Å²) >= 11 is 0. The molecular formula is C27H34N4O3. The lowest BCUT2D eigenvalue weighted by atomic mass is 9.92. The average Bonchev–Trinajstić information content (AvgIpc) is 2.86. The van der Waals surface area contributed by atoms with Gasteiger partial charge in [0.2, 0.25) is 11.7 Å². The van der Waals surface area contributed by atoms with E-state index in [1.54, 1.807) is 0 Å². The van der Waals surface area contributed by atoms with Crippen LogP contribution < -0.4 is 20.9 Å². The molecule has 4 rings (SSSR count). The fourth-order valence-electron chi connectivity index (χ4n) is 4.79. The molecule has 180 valence electrons. The van der Waals surface area contributed by atoms with Crippen molar-refractivity contribution in [2.45, 2.75) is 45.6 Å². The van der Waals surface area contributed by atoms with E-state index in [4.69, 9.17) is 0 Å². The van der Waals surface area contributed by atoms with Crippen molar-refractivity contribution in [2.24, 2.45) is 11.8 Å². The summed E-state index contributed by atoms with van der Waals surface area (Å²) in [4.78, 5) is 38.1. The summed E-state index contributed by atoms with van der Waals surface area (Å²) in [5.74, 6) is -1.73. The standard InChI is InChI=1S/C27H34N4O3/c1-2-3-19-13-16-31(17-14-19)23-10-8-22(9-11-23)30-21-6-4-20(5-7-21)18-29-26(33)24-12-15-28-27(34)25(24)32/h4-11,19,24,30H,2-3,12-18H2,1H3,(H,28,34)(H,29,33). The number of Topliss-reactive ketones (excluding diaryl/α,β-unsaturated/α-hetero) is 1. The van der Waals surface area contributed by atoms with Gasteiger partial charge in [-0.15, -0.1) is 0 Å². The van der Waals surface area contributed by atoms with Gasteiger partial charge in [0.25, 0.3) is 5.91 Å². The van der Waals surface area contributed by atoms with Crippen molar-refractivity contribution in [3.8, 4) is 0 Å². The molecule has 2 amide bonds. The molecule has 2 aliphatic rings. The fraction of sp³-hybridized carbons (Fsp3) is 0.444. The van der Waals surface area contributed by atoms with E-state index in [0.29, 0.717) is 19.5 Å². The number of ketones is 1. The van der Waals surface area contributed by atoms with Gasteiger partial charge in [-0.2, -0.15) is 0 Å². The van der Waals surface area contributed by atoms with E-state index in [0.717, 1.165) is 35.9 Å². The zero-order valence-electron chi connectivity index (χ0n) is 19.8. The Morgan fingerprint density at radius 3 is 2.26 bits per heavy atom. The smallest absolute Gasteiger partial charge is 0.288 e. The number of carbonyl (C=O) groups is 3. The van der Waals surface area contributed by atoms with E-state index >= 15 is 0 Å². The van der Waals surface area contributed by atoms with E-state index in [2.05, 4.69) is 52.0 Å². The van der Waals surface area contributed by atoms with Crippen molar-refractivity contribution < 1.29 is 14.4 Å².